The van der Waals surface area contributed by atoms with Crippen molar-refractivity contribution in [3.63, 3.8) is 0 Å². The van der Waals surface area contributed by atoms with Crippen molar-refractivity contribution in [3.8, 4) is 0 Å². The van der Waals surface area contributed by atoms with Crippen molar-refractivity contribution >= 4 is 39.8 Å². The molecule has 178 valence electrons. The molecule has 2 aromatic rings. The number of hydrogen-bond donors (Lipinski definition) is 2. The molecule has 2 N–H and O–H groups in total. The average molecular weight is 471 g/mol. The molecule has 0 aliphatic carbocycles. The van der Waals surface area contributed by atoms with Crippen LogP contribution in [0, 0.1) is 25.7 Å². The van der Waals surface area contributed by atoms with Gasteiger partial charge >= 0.3 is 0 Å². The molecular weight excluding hydrogens is 436 g/mol. The second-order valence-corrected chi connectivity index (χ2v) is 10.6. The molecule has 1 unspecified atom stereocenters. The van der Waals surface area contributed by atoms with E-state index >= 15 is 0 Å². The van der Waals surface area contributed by atoms with Gasteiger partial charge in [-0.15, -0.1) is 11.3 Å². The van der Waals surface area contributed by atoms with Crippen LogP contribution in [0.15, 0.2) is 18.3 Å². The molecule has 4 rings (SSSR count). The van der Waals surface area contributed by atoms with E-state index in [4.69, 9.17) is 0 Å². The number of hydrogen-bond acceptors (Lipinski definition) is 7. The Labute approximate surface area is 199 Å². The molecular formula is C24H34N6O2S. The lowest BCUT2D eigenvalue weighted by Crippen LogP contribution is -2.44. The topological polar surface area (TPSA) is 90.5 Å². The first-order chi connectivity index (χ1) is 15.9. The van der Waals surface area contributed by atoms with E-state index in [1.54, 1.807) is 6.20 Å². The number of aryl methyl sites for hydroxylation is 2. The first-order valence-corrected chi connectivity index (χ1v) is 12.7. The number of carbonyl (C=O) groups excluding carboxylic acids is 2. The molecule has 2 aromatic heterocycles. The number of pyridine rings is 1. The molecule has 2 amide bonds. The summed E-state index contributed by atoms with van der Waals surface area (Å²) in [4.78, 5) is 39.7. The zero-order chi connectivity index (χ0) is 23.4. The third kappa shape index (κ3) is 6.29. The minimum atomic E-state index is -0.140. The molecule has 0 radical (unpaired) electrons. The summed E-state index contributed by atoms with van der Waals surface area (Å²) < 4.78 is 0. The summed E-state index contributed by atoms with van der Waals surface area (Å²) >= 11 is 1.49. The van der Waals surface area contributed by atoms with Crippen molar-refractivity contribution in [1.29, 1.82) is 0 Å². The quantitative estimate of drug-likeness (QED) is 0.669. The highest BCUT2D eigenvalue weighted by atomic mass is 32.1. The summed E-state index contributed by atoms with van der Waals surface area (Å²) in [5.74, 6) is 1.52. The van der Waals surface area contributed by atoms with Crippen LogP contribution >= 0.6 is 11.3 Å². The van der Waals surface area contributed by atoms with Gasteiger partial charge in [-0.3, -0.25) is 14.5 Å². The number of aromatic nitrogens is 2. The fraction of sp³-hybridized carbons (Fsp3) is 0.583. The van der Waals surface area contributed by atoms with Crippen molar-refractivity contribution in [2.24, 2.45) is 11.8 Å². The van der Waals surface area contributed by atoms with E-state index in [0.717, 1.165) is 60.5 Å². The molecule has 8 nitrogen and oxygen atoms in total. The molecule has 2 fully saturated rings. The van der Waals surface area contributed by atoms with Crippen LogP contribution in [0.4, 0.5) is 16.6 Å². The fourth-order valence-electron chi connectivity index (χ4n) is 4.43. The maximum atomic E-state index is 12.9. The second-order valence-electron chi connectivity index (χ2n) is 9.35. The van der Waals surface area contributed by atoms with Crippen molar-refractivity contribution in [2.75, 3.05) is 48.3 Å². The first-order valence-electron chi connectivity index (χ1n) is 11.9. The van der Waals surface area contributed by atoms with E-state index in [2.05, 4.69) is 37.3 Å². The summed E-state index contributed by atoms with van der Waals surface area (Å²) in [6.07, 6.45) is 5.86. The van der Waals surface area contributed by atoms with Gasteiger partial charge in [-0.05, 0) is 64.1 Å². The largest absolute Gasteiger partial charge is 0.357 e. The number of rotatable bonds is 6. The summed E-state index contributed by atoms with van der Waals surface area (Å²) in [5, 5.41) is 6.53. The lowest BCUT2D eigenvalue weighted by atomic mass is 9.97. The predicted octanol–water partition coefficient (Wildman–Crippen LogP) is 3.68. The Bertz CT molecular complexity index is 948. The number of likely N-dealkylation sites (tertiary alicyclic amines) is 1. The predicted molar refractivity (Wildman–Crippen MR) is 133 cm³/mol. The molecule has 0 bridgehead atoms. The van der Waals surface area contributed by atoms with Gasteiger partial charge in [-0.1, -0.05) is 6.92 Å². The van der Waals surface area contributed by atoms with Crippen LogP contribution < -0.4 is 15.5 Å². The van der Waals surface area contributed by atoms with Gasteiger partial charge in [0, 0.05) is 24.5 Å². The third-order valence-corrected chi connectivity index (χ3v) is 7.63. The zero-order valence-corrected chi connectivity index (χ0v) is 20.6. The monoisotopic (exact) mass is 470 g/mol. The minimum absolute atomic E-state index is 0.00683. The Hall–Kier alpha value is -2.52. The van der Waals surface area contributed by atoms with Crippen molar-refractivity contribution in [1.82, 2.24) is 14.9 Å². The summed E-state index contributed by atoms with van der Waals surface area (Å²) in [7, 11) is 0. The standard InChI is InChI=1S/C24H34N6O2S/c1-16-8-11-30(12-9-16)21-7-6-20(13-25-21)27-23(32)19-5-4-10-29(14-19)15-22(31)28-24-26-17(2)18(3)33-24/h6-7,13,16,19H,4-5,8-12,14-15H2,1-3H3,(H,27,32)(H,26,28,31). The van der Waals surface area contributed by atoms with Gasteiger partial charge in [-0.2, -0.15) is 0 Å². The van der Waals surface area contributed by atoms with E-state index in [1.807, 2.05) is 26.0 Å². The molecule has 0 saturated carbocycles. The van der Waals surface area contributed by atoms with Gasteiger partial charge in [0.15, 0.2) is 5.13 Å². The van der Waals surface area contributed by atoms with Crippen molar-refractivity contribution < 1.29 is 9.59 Å². The molecule has 33 heavy (non-hydrogen) atoms. The maximum Gasteiger partial charge on any atom is 0.240 e. The Balaban J connectivity index is 1.26. The molecule has 9 heteroatoms. The second kappa shape index (κ2) is 10.6. The lowest BCUT2D eigenvalue weighted by molar-refractivity contribution is -0.123. The highest BCUT2D eigenvalue weighted by Gasteiger charge is 2.27. The first kappa shape index (κ1) is 23.6. The zero-order valence-electron chi connectivity index (χ0n) is 19.8. The smallest absolute Gasteiger partial charge is 0.240 e. The summed E-state index contributed by atoms with van der Waals surface area (Å²) in [6.45, 7) is 9.96. The molecule has 2 aliphatic rings. The van der Waals surface area contributed by atoms with E-state index in [9.17, 15) is 9.59 Å². The summed E-state index contributed by atoms with van der Waals surface area (Å²) in [5.41, 5.74) is 1.66. The molecule has 4 heterocycles. The molecule has 0 spiro atoms. The van der Waals surface area contributed by atoms with E-state index in [0.29, 0.717) is 11.7 Å². The van der Waals surface area contributed by atoms with Crippen LogP contribution in [0.3, 0.4) is 0 Å². The van der Waals surface area contributed by atoms with Crippen LogP contribution in [-0.4, -0.2) is 59.4 Å². The minimum Gasteiger partial charge on any atom is -0.357 e. The van der Waals surface area contributed by atoms with E-state index < -0.39 is 0 Å². The van der Waals surface area contributed by atoms with Gasteiger partial charge in [-0.25, -0.2) is 9.97 Å². The third-order valence-electron chi connectivity index (χ3n) is 6.64. The van der Waals surface area contributed by atoms with E-state index in [-0.39, 0.29) is 24.3 Å². The van der Waals surface area contributed by atoms with Gasteiger partial charge < -0.3 is 15.5 Å². The van der Waals surface area contributed by atoms with Gasteiger partial charge in [0.25, 0.3) is 0 Å². The van der Waals surface area contributed by atoms with Crippen LogP contribution in [0.5, 0.6) is 0 Å². The molecule has 1 atom stereocenters. The number of thiazole rings is 1. The molecule has 0 aromatic carbocycles. The number of carbonyl (C=O) groups is 2. The number of nitrogens with one attached hydrogen (secondary N) is 2. The number of piperidine rings is 2. The number of anilines is 3. The Kier molecular flexibility index (Phi) is 7.60. The van der Waals surface area contributed by atoms with Crippen molar-refractivity contribution in [2.45, 2.75) is 46.5 Å². The number of amides is 2. The Morgan fingerprint density at radius 1 is 1.12 bits per heavy atom. The van der Waals surface area contributed by atoms with Gasteiger partial charge in [0.05, 0.1) is 30.0 Å². The van der Waals surface area contributed by atoms with Gasteiger partial charge in [0.2, 0.25) is 11.8 Å². The van der Waals surface area contributed by atoms with Crippen molar-refractivity contribution in [3.05, 3.63) is 28.9 Å². The molecule has 2 aliphatic heterocycles. The lowest BCUT2D eigenvalue weighted by Gasteiger charge is -2.32. The maximum absolute atomic E-state index is 12.9. The van der Waals surface area contributed by atoms with E-state index in [1.165, 1.54) is 24.2 Å². The average Bonchev–Trinajstić information content (AvgIpc) is 3.11. The normalized spacial score (nSPS) is 20.0. The summed E-state index contributed by atoms with van der Waals surface area (Å²) in [6, 6.07) is 3.93. The van der Waals surface area contributed by atoms with Crippen LogP contribution in [0.25, 0.3) is 0 Å². The SMILES string of the molecule is Cc1nc(NC(=O)CN2CCCC(C(=O)Nc3ccc(N4CCC(C)CC4)nc3)C2)sc1C. The fourth-order valence-corrected chi connectivity index (χ4v) is 5.26. The van der Waals surface area contributed by atoms with Crippen LogP contribution in [0.2, 0.25) is 0 Å². The van der Waals surface area contributed by atoms with Crippen LogP contribution in [0.1, 0.15) is 43.2 Å². The van der Waals surface area contributed by atoms with Crippen LogP contribution in [-0.2, 0) is 9.59 Å². The number of nitrogens with zero attached hydrogens (tertiary/aromatic N) is 4. The highest BCUT2D eigenvalue weighted by molar-refractivity contribution is 7.15. The highest BCUT2D eigenvalue weighted by Crippen LogP contribution is 2.24. The molecule has 2 saturated heterocycles. The van der Waals surface area contributed by atoms with Gasteiger partial charge in [0.1, 0.15) is 5.82 Å². The Morgan fingerprint density at radius 2 is 1.91 bits per heavy atom. The Morgan fingerprint density at radius 3 is 2.58 bits per heavy atom.